The van der Waals surface area contributed by atoms with Crippen molar-refractivity contribution in [1.82, 2.24) is 14.6 Å². The maximum Gasteiger partial charge on any atom is 0.302 e. The van der Waals surface area contributed by atoms with Crippen LogP contribution in [-0.4, -0.2) is 33.3 Å². The molecule has 1 fully saturated rings. The van der Waals surface area contributed by atoms with Crippen molar-refractivity contribution >= 4 is 11.5 Å². The van der Waals surface area contributed by atoms with Gasteiger partial charge in [-0.15, -0.1) is 0 Å². The van der Waals surface area contributed by atoms with Gasteiger partial charge in [-0.1, -0.05) is 6.92 Å². The molecule has 3 rings (SSSR count). The van der Waals surface area contributed by atoms with Crippen LogP contribution >= 0.6 is 0 Å². The highest BCUT2D eigenvalue weighted by Gasteiger charge is 2.35. The molecule has 0 radical (unpaired) electrons. The normalized spacial score (nSPS) is 25.3. The largest absolute Gasteiger partial charge is 0.463 e. The quantitative estimate of drug-likeness (QED) is 0.854. The van der Waals surface area contributed by atoms with Crippen LogP contribution in [0.3, 0.4) is 0 Å². The zero-order chi connectivity index (χ0) is 15.0. The second-order valence-electron chi connectivity index (χ2n) is 5.37. The van der Waals surface area contributed by atoms with Crippen molar-refractivity contribution in [2.45, 2.75) is 32.5 Å². The first-order chi connectivity index (χ1) is 10.1. The van der Waals surface area contributed by atoms with E-state index in [4.69, 9.17) is 9.47 Å². The van der Waals surface area contributed by atoms with Crippen molar-refractivity contribution in [3.63, 3.8) is 0 Å². The van der Waals surface area contributed by atoms with Gasteiger partial charge in [0, 0.05) is 6.92 Å². The molecule has 7 heteroatoms. The van der Waals surface area contributed by atoms with Gasteiger partial charge in [-0.3, -0.25) is 9.59 Å². The number of nitrogens with one attached hydrogen (secondary N) is 1. The maximum atomic E-state index is 11.7. The summed E-state index contributed by atoms with van der Waals surface area (Å²) in [6, 6.07) is 3.59. The predicted octanol–water partition coefficient (Wildman–Crippen LogP) is 1.05. The Morgan fingerprint density at radius 2 is 2.38 bits per heavy atom. The molecule has 3 heterocycles. The lowest BCUT2D eigenvalue weighted by Crippen LogP contribution is -2.17. The molecule has 3 atom stereocenters. The van der Waals surface area contributed by atoms with Crippen molar-refractivity contribution in [3.8, 4) is 0 Å². The third-order valence-corrected chi connectivity index (χ3v) is 3.74. The van der Waals surface area contributed by atoms with Gasteiger partial charge < -0.3 is 14.5 Å². The van der Waals surface area contributed by atoms with E-state index in [1.54, 1.807) is 10.6 Å². The summed E-state index contributed by atoms with van der Waals surface area (Å²) < 4.78 is 12.6. The summed E-state index contributed by atoms with van der Waals surface area (Å²) in [5, 5.41) is 4.18. The van der Waals surface area contributed by atoms with Crippen LogP contribution in [0.5, 0.6) is 0 Å². The number of aromatic nitrogens is 3. The zero-order valence-electron chi connectivity index (χ0n) is 11.9. The average Bonchev–Trinajstić information content (AvgIpc) is 3.01. The Morgan fingerprint density at radius 3 is 3.14 bits per heavy atom. The van der Waals surface area contributed by atoms with Gasteiger partial charge in [0.05, 0.1) is 11.8 Å². The van der Waals surface area contributed by atoms with E-state index < -0.39 is 0 Å². The summed E-state index contributed by atoms with van der Waals surface area (Å²) in [7, 11) is 0. The van der Waals surface area contributed by atoms with E-state index in [1.165, 1.54) is 13.3 Å². The van der Waals surface area contributed by atoms with Crippen molar-refractivity contribution in [3.05, 3.63) is 34.5 Å². The number of hydrogen-bond donors (Lipinski definition) is 1. The van der Waals surface area contributed by atoms with Crippen LogP contribution in [0.15, 0.2) is 23.3 Å². The summed E-state index contributed by atoms with van der Waals surface area (Å²) >= 11 is 0. The fourth-order valence-electron chi connectivity index (χ4n) is 2.79. The number of carbonyl (C=O) groups excluding carboxylic acids is 1. The molecule has 21 heavy (non-hydrogen) atoms. The Morgan fingerprint density at radius 1 is 1.57 bits per heavy atom. The first kappa shape index (κ1) is 13.8. The van der Waals surface area contributed by atoms with Gasteiger partial charge in [0.1, 0.15) is 24.6 Å². The topological polar surface area (TPSA) is 85.7 Å². The average molecular weight is 291 g/mol. The molecular formula is C14H17N3O4. The molecule has 0 amide bonds. The van der Waals surface area contributed by atoms with Gasteiger partial charge in [0.25, 0.3) is 5.56 Å². The molecule has 1 aliphatic rings. The predicted molar refractivity (Wildman–Crippen MR) is 73.8 cm³/mol. The first-order valence-corrected chi connectivity index (χ1v) is 6.90. The van der Waals surface area contributed by atoms with Crippen LogP contribution in [0.4, 0.5) is 0 Å². The minimum Gasteiger partial charge on any atom is -0.463 e. The molecule has 2 aromatic heterocycles. The summed E-state index contributed by atoms with van der Waals surface area (Å²) in [5.74, 6) is -0.0548. The number of rotatable bonds is 3. The summed E-state index contributed by atoms with van der Waals surface area (Å²) in [6.07, 6.45) is 1.88. The molecule has 0 aliphatic carbocycles. The molecule has 1 N–H and O–H groups in total. The van der Waals surface area contributed by atoms with Gasteiger partial charge in [0.15, 0.2) is 0 Å². The Labute approximate surface area is 120 Å². The lowest BCUT2D eigenvalue weighted by Gasteiger charge is -2.15. The Bertz CT molecular complexity index is 720. The second-order valence-corrected chi connectivity index (χ2v) is 5.37. The molecule has 0 aromatic carbocycles. The number of ether oxygens (including phenoxy) is 2. The minimum atomic E-state index is -0.309. The number of esters is 1. The van der Waals surface area contributed by atoms with Gasteiger partial charge in [0.2, 0.25) is 0 Å². The standard InChI is InChI=1S/C14H17N3O4/c1-8-5-10(6-20-9(2)18)21-13(8)11-3-4-12-14(19)15-7-16-17(11)12/h3-4,7-8,10,13H,5-6H2,1-2H3,(H,15,16,19)/t8-,10-,13+/m0/s1. The molecule has 0 bridgehead atoms. The van der Waals surface area contributed by atoms with E-state index in [2.05, 4.69) is 17.0 Å². The lowest BCUT2D eigenvalue weighted by atomic mass is 10.00. The van der Waals surface area contributed by atoms with Crippen LogP contribution < -0.4 is 5.56 Å². The summed E-state index contributed by atoms with van der Waals surface area (Å²) in [5.41, 5.74) is 1.15. The number of carbonyl (C=O) groups is 1. The fraction of sp³-hybridized carbons (Fsp3) is 0.500. The monoisotopic (exact) mass is 291 g/mol. The van der Waals surface area contributed by atoms with Crippen LogP contribution in [0, 0.1) is 5.92 Å². The van der Waals surface area contributed by atoms with Gasteiger partial charge in [-0.2, -0.15) is 5.10 Å². The molecule has 1 aliphatic heterocycles. The van der Waals surface area contributed by atoms with E-state index >= 15 is 0 Å². The number of H-pyrrole nitrogens is 1. The molecular weight excluding hydrogens is 274 g/mol. The third-order valence-electron chi connectivity index (χ3n) is 3.74. The molecule has 7 nitrogen and oxygen atoms in total. The van der Waals surface area contributed by atoms with Crippen LogP contribution in [-0.2, 0) is 14.3 Å². The highest BCUT2D eigenvalue weighted by Crippen LogP contribution is 2.38. The Hall–Kier alpha value is -2.15. The van der Waals surface area contributed by atoms with Crippen molar-refractivity contribution < 1.29 is 14.3 Å². The van der Waals surface area contributed by atoms with Gasteiger partial charge in [-0.25, -0.2) is 4.52 Å². The van der Waals surface area contributed by atoms with Gasteiger partial charge in [-0.05, 0) is 24.5 Å². The zero-order valence-corrected chi connectivity index (χ0v) is 11.9. The van der Waals surface area contributed by atoms with Gasteiger partial charge >= 0.3 is 5.97 Å². The second kappa shape index (κ2) is 5.33. The van der Waals surface area contributed by atoms with E-state index in [0.29, 0.717) is 5.52 Å². The molecule has 1 saturated heterocycles. The smallest absolute Gasteiger partial charge is 0.302 e. The van der Waals surface area contributed by atoms with E-state index in [9.17, 15) is 9.59 Å². The summed E-state index contributed by atoms with van der Waals surface area (Å²) in [6.45, 7) is 3.71. The highest BCUT2D eigenvalue weighted by molar-refractivity contribution is 5.65. The molecule has 0 unspecified atom stereocenters. The molecule has 112 valence electrons. The van der Waals surface area contributed by atoms with Crippen LogP contribution in [0.2, 0.25) is 0 Å². The highest BCUT2D eigenvalue weighted by atomic mass is 16.6. The lowest BCUT2D eigenvalue weighted by molar-refractivity contribution is -0.145. The fourth-order valence-corrected chi connectivity index (χ4v) is 2.79. The molecule has 0 saturated carbocycles. The number of fused-ring (bicyclic) bond motifs is 1. The molecule has 0 spiro atoms. The maximum absolute atomic E-state index is 11.7. The molecule has 2 aromatic rings. The van der Waals surface area contributed by atoms with E-state index in [-0.39, 0.29) is 36.3 Å². The van der Waals surface area contributed by atoms with Crippen LogP contribution in [0.1, 0.15) is 32.1 Å². The number of nitrogens with zero attached hydrogens (tertiary/aromatic N) is 2. The Balaban J connectivity index is 1.84. The van der Waals surface area contributed by atoms with Crippen molar-refractivity contribution in [2.24, 2.45) is 5.92 Å². The third kappa shape index (κ3) is 2.56. The first-order valence-electron chi connectivity index (χ1n) is 6.90. The number of aromatic amines is 1. The van der Waals surface area contributed by atoms with Crippen molar-refractivity contribution in [1.29, 1.82) is 0 Å². The van der Waals surface area contributed by atoms with Crippen LogP contribution in [0.25, 0.3) is 5.52 Å². The van der Waals surface area contributed by atoms with Crippen molar-refractivity contribution in [2.75, 3.05) is 6.61 Å². The Kier molecular flexibility index (Phi) is 3.50. The number of hydrogen-bond acceptors (Lipinski definition) is 5. The van der Waals surface area contributed by atoms with E-state index in [1.807, 2.05) is 6.07 Å². The summed E-state index contributed by atoms with van der Waals surface area (Å²) in [4.78, 5) is 25.1. The minimum absolute atomic E-state index is 0.124. The SMILES string of the molecule is CC(=O)OC[C@@H]1C[C@H](C)[C@H](c2ccc3c(=O)[nH]cnn23)O1. The van der Waals surface area contributed by atoms with E-state index in [0.717, 1.165) is 12.1 Å².